The highest BCUT2D eigenvalue weighted by Crippen LogP contribution is 2.16. The zero-order chi connectivity index (χ0) is 16.9. The van der Waals surface area contributed by atoms with Gasteiger partial charge in [-0.2, -0.15) is 0 Å². The number of aliphatic carboxylic acids is 1. The van der Waals surface area contributed by atoms with Gasteiger partial charge in [-0.1, -0.05) is 18.2 Å². The number of para-hydroxylation sites is 1. The molecule has 0 radical (unpaired) electrons. The highest BCUT2D eigenvalue weighted by Gasteiger charge is 2.31. The van der Waals surface area contributed by atoms with Gasteiger partial charge >= 0.3 is 5.97 Å². The summed E-state index contributed by atoms with van der Waals surface area (Å²) in [6.07, 6.45) is 1.34. The average Bonchev–Trinajstić information content (AvgIpc) is 3.00. The van der Waals surface area contributed by atoms with Gasteiger partial charge in [0.1, 0.15) is 12.4 Å². The Bertz CT molecular complexity index is 677. The predicted molar refractivity (Wildman–Crippen MR) is 80.1 cm³/mol. The van der Waals surface area contributed by atoms with Crippen LogP contribution in [-0.2, 0) is 11.4 Å². The first-order valence-electron chi connectivity index (χ1n) is 6.88. The number of carbonyl (C=O) groups excluding carboxylic acids is 1. The van der Waals surface area contributed by atoms with Crippen molar-refractivity contribution in [3.63, 3.8) is 0 Å². The molecule has 0 aliphatic carbocycles. The van der Waals surface area contributed by atoms with E-state index in [1.165, 1.54) is 6.26 Å². The number of carboxylic acids is 1. The smallest absolute Gasteiger partial charge is 0.337 e. The third kappa shape index (κ3) is 4.33. The topological polar surface area (TPSA) is 109 Å². The molecule has 0 spiro atoms. The normalized spacial score (nSPS) is 13.1. The number of nitrogens with one attached hydrogen (secondary N) is 1. The summed E-state index contributed by atoms with van der Waals surface area (Å²) in [6, 6.07) is 10.7. The van der Waals surface area contributed by atoms with Crippen molar-refractivity contribution >= 4 is 11.9 Å². The Kier molecular flexibility index (Phi) is 5.02. The van der Waals surface area contributed by atoms with Gasteiger partial charge in [-0.25, -0.2) is 4.79 Å². The van der Waals surface area contributed by atoms with E-state index in [0.29, 0.717) is 11.3 Å². The van der Waals surface area contributed by atoms with Crippen LogP contribution in [0.1, 0.15) is 23.0 Å². The van der Waals surface area contributed by atoms with Crippen molar-refractivity contribution in [2.24, 2.45) is 0 Å². The fraction of sp³-hybridized carbons (Fsp3) is 0.250. The van der Waals surface area contributed by atoms with Crippen LogP contribution in [0.25, 0.3) is 0 Å². The summed E-state index contributed by atoms with van der Waals surface area (Å²) in [5, 5.41) is 20.7. The van der Waals surface area contributed by atoms with Crippen LogP contribution in [0.15, 0.2) is 47.1 Å². The molecule has 0 saturated heterocycles. The van der Waals surface area contributed by atoms with Gasteiger partial charge in [-0.3, -0.25) is 4.79 Å². The van der Waals surface area contributed by atoms with Crippen LogP contribution in [0.3, 0.4) is 0 Å². The molecule has 1 atom stereocenters. The van der Waals surface area contributed by atoms with E-state index >= 15 is 0 Å². The van der Waals surface area contributed by atoms with E-state index in [1.54, 1.807) is 18.2 Å². The fourth-order valence-corrected chi connectivity index (χ4v) is 1.73. The number of amides is 1. The number of carbonyl (C=O) groups is 2. The summed E-state index contributed by atoms with van der Waals surface area (Å²) in [7, 11) is 0. The van der Waals surface area contributed by atoms with Crippen LogP contribution >= 0.6 is 0 Å². The molecule has 7 nitrogen and oxygen atoms in total. The second-order valence-corrected chi connectivity index (χ2v) is 5.14. The van der Waals surface area contributed by atoms with Crippen LogP contribution in [0.2, 0.25) is 0 Å². The monoisotopic (exact) mass is 319 g/mol. The molecular formula is C16H17NO6. The minimum atomic E-state index is -2.05. The lowest BCUT2D eigenvalue weighted by atomic mass is 10.1. The third-order valence-corrected chi connectivity index (χ3v) is 3.14. The molecule has 0 saturated carbocycles. The lowest BCUT2D eigenvalue weighted by Gasteiger charge is -2.18. The van der Waals surface area contributed by atoms with Crippen molar-refractivity contribution < 1.29 is 29.0 Å². The lowest BCUT2D eigenvalue weighted by molar-refractivity contribution is -0.155. The van der Waals surface area contributed by atoms with E-state index in [9.17, 15) is 14.7 Å². The zero-order valence-corrected chi connectivity index (χ0v) is 12.5. The van der Waals surface area contributed by atoms with E-state index in [4.69, 9.17) is 14.3 Å². The van der Waals surface area contributed by atoms with Crippen molar-refractivity contribution in [1.82, 2.24) is 5.32 Å². The molecule has 1 unspecified atom stereocenters. The Morgan fingerprint density at radius 1 is 1.26 bits per heavy atom. The first-order valence-corrected chi connectivity index (χ1v) is 6.88. The number of furan rings is 1. The molecule has 0 aliphatic heterocycles. The SMILES string of the molecule is CC(O)(CNC(=O)c1occc1COc1ccccc1)C(=O)O. The maximum atomic E-state index is 12.0. The van der Waals surface area contributed by atoms with Gasteiger partial charge < -0.3 is 24.7 Å². The Labute approximate surface area is 132 Å². The van der Waals surface area contributed by atoms with Gasteiger partial charge in [0.05, 0.1) is 12.8 Å². The zero-order valence-electron chi connectivity index (χ0n) is 12.5. The molecule has 1 aromatic heterocycles. The van der Waals surface area contributed by atoms with E-state index < -0.39 is 24.0 Å². The van der Waals surface area contributed by atoms with Crippen molar-refractivity contribution in [2.45, 2.75) is 19.1 Å². The second kappa shape index (κ2) is 6.97. The number of ether oxygens (including phenoxy) is 1. The molecule has 0 fully saturated rings. The van der Waals surface area contributed by atoms with Crippen LogP contribution in [0.4, 0.5) is 0 Å². The van der Waals surface area contributed by atoms with Gasteiger partial charge in [0, 0.05) is 5.56 Å². The van der Waals surface area contributed by atoms with Gasteiger partial charge in [0.2, 0.25) is 0 Å². The summed E-state index contributed by atoms with van der Waals surface area (Å²) in [5.41, 5.74) is -1.54. The number of benzene rings is 1. The number of aliphatic hydroxyl groups is 1. The highest BCUT2D eigenvalue weighted by atomic mass is 16.5. The second-order valence-electron chi connectivity index (χ2n) is 5.14. The van der Waals surface area contributed by atoms with Gasteiger partial charge in [-0.05, 0) is 25.1 Å². The summed E-state index contributed by atoms with van der Waals surface area (Å²) in [4.78, 5) is 22.8. The molecule has 23 heavy (non-hydrogen) atoms. The first kappa shape index (κ1) is 16.6. The molecule has 0 aliphatic rings. The van der Waals surface area contributed by atoms with Crippen molar-refractivity contribution in [1.29, 1.82) is 0 Å². The summed E-state index contributed by atoms with van der Waals surface area (Å²) in [6.45, 7) is 0.774. The van der Waals surface area contributed by atoms with Crippen LogP contribution in [0.5, 0.6) is 5.75 Å². The largest absolute Gasteiger partial charge is 0.489 e. The Hall–Kier alpha value is -2.80. The van der Waals surface area contributed by atoms with E-state index in [2.05, 4.69) is 5.32 Å². The minimum Gasteiger partial charge on any atom is -0.489 e. The van der Waals surface area contributed by atoms with E-state index in [-0.39, 0.29) is 12.4 Å². The van der Waals surface area contributed by atoms with Crippen molar-refractivity contribution in [3.05, 3.63) is 54.0 Å². The average molecular weight is 319 g/mol. The van der Waals surface area contributed by atoms with Gasteiger partial charge in [-0.15, -0.1) is 0 Å². The lowest BCUT2D eigenvalue weighted by Crippen LogP contribution is -2.46. The summed E-state index contributed by atoms with van der Waals surface area (Å²) >= 11 is 0. The van der Waals surface area contributed by atoms with E-state index in [1.807, 2.05) is 18.2 Å². The molecule has 1 aromatic carbocycles. The Morgan fingerprint density at radius 2 is 1.96 bits per heavy atom. The Balaban J connectivity index is 1.97. The van der Waals surface area contributed by atoms with Gasteiger partial charge in [0.15, 0.2) is 11.4 Å². The maximum Gasteiger partial charge on any atom is 0.337 e. The third-order valence-electron chi connectivity index (χ3n) is 3.14. The molecule has 3 N–H and O–H groups in total. The number of carboxylic acid groups (broad SMARTS) is 1. The summed E-state index contributed by atoms with van der Waals surface area (Å²) in [5.74, 6) is -1.39. The number of hydrogen-bond donors (Lipinski definition) is 3. The molecule has 2 aromatic rings. The van der Waals surface area contributed by atoms with Crippen LogP contribution in [-0.4, -0.2) is 34.2 Å². The van der Waals surface area contributed by atoms with Crippen LogP contribution in [0, 0.1) is 0 Å². The number of rotatable bonds is 7. The maximum absolute atomic E-state index is 12.0. The highest BCUT2D eigenvalue weighted by molar-refractivity contribution is 5.93. The molecule has 122 valence electrons. The molecule has 7 heteroatoms. The van der Waals surface area contributed by atoms with Crippen LogP contribution < -0.4 is 10.1 Å². The first-order chi connectivity index (χ1) is 10.9. The van der Waals surface area contributed by atoms with Gasteiger partial charge in [0.25, 0.3) is 5.91 Å². The van der Waals surface area contributed by atoms with Crippen molar-refractivity contribution in [2.75, 3.05) is 6.54 Å². The molecule has 1 amide bonds. The molecule has 2 rings (SSSR count). The molecule has 1 heterocycles. The standard InChI is InChI=1S/C16H17NO6/c1-16(21,15(19)20)10-17-14(18)13-11(7-8-22-13)9-23-12-5-3-2-4-6-12/h2-8,21H,9-10H2,1H3,(H,17,18)(H,19,20). The van der Waals surface area contributed by atoms with E-state index in [0.717, 1.165) is 6.92 Å². The molecular weight excluding hydrogens is 302 g/mol. The number of hydrogen-bond acceptors (Lipinski definition) is 5. The quantitative estimate of drug-likeness (QED) is 0.712. The minimum absolute atomic E-state index is 0.0159. The van der Waals surface area contributed by atoms with Crippen molar-refractivity contribution in [3.8, 4) is 5.75 Å². The molecule has 0 bridgehead atoms. The predicted octanol–water partition coefficient (Wildman–Crippen LogP) is 1.42. The fourth-order valence-electron chi connectivity index (χ4n) is 1.73. The Morgan fingerprint density at radius 3 is 2.61 bits per heavy atom. The summed E-state index contributed by atoms with van der Waals surface area (Å²) < 4.78 is 10.7.